The molecule has 0 aliphatic rings. The van der Waals surface area contributed by atoms with E-state index in [9.17, 15) is 18.0 Å². The van der Waals surface area contributed by atoms with E-state index in [0.29, 0.717) is 3.57 Å². The first-order valence-electron chi connectivity index (χ1n) is 3.39. The second-order valence-corrected chi connectivity index (χ2v) is 4.10. The Kier molecular flexibility index (Phi) is 3.41. The van der Waals surface area contributed by atoms with Gasteiger partial charge >= 0.3 is 6.18 Å². The Morgan fingerprint density at radius 3 is 2.43 bits per heavy atom. The minimum atomic E-state index is -4.88. The third-order valence-corrected chi connectivity index (χ3v) is 2.43. The Balaban J connectivity index is 3.19. The normalized spacial score (nSPS) is 11.5. The van der Waals surface area contributed by atoms with Crippen molar-refractivity contribution in [2.45, 2.75) is 6.18 Å². The lowest BCUT2D eigenvalue weighted by Crippen LogP contribution is -2.23. The van der Waals surface area contributed by atoms with Crippen molar-refractivity contribution in [2.24, 2.45) is 0 Å². The number of rotatable bonds is 1. The van der Waals surface area contributed by atoms with E-state index in [1.165, 1.54) is 12.1 Å². The zero-order valence-corrected chi connectivity index (χ0v) is 9.44. The maximum atomic E-state index is 12.0. The van der Waals surface area contributed by atoms with Crippen LogP contribution in [-0.2, 0) is 0 Å². The number of Topliss-reactive ketones (excluding diaryl/α,β-unsaturated/α-hetero) is 1. The van der Waals surface area contributed by atoms with E-state index in [1.54, 1.807) is 22.6 Å². The summed E-state index contributed by atoms with van der Waals surface area (Å²) >= 11 is 7.28. The van der Waals surface area contributed by atoms with Gasteiger partial charge in [-0.25, -0.2) is 0 Å². The van der Waals surface area contributed by atoms with Crippen LogP contribution in [0.15, 0.2) is 18.2 Å². The number of alkyl halides is 3. The van der Waals surface area contributed by atoms with E-state index in [0.717, 1.165) is 6.07 Å². The van der Waals surface area contributed by atoms with Gasteiger partial charge in [0.1, 0.15) is 0 Å². The molecular formula is C8H3ClF3IO. The second-order valence-electron chi connectivity index (χ2n) is 2.45. The third-order valence-electron chi connectivity index (χ3n) is 1.43. The molecule has 0 heterocycles. The molecule has 1 aromatic carbocycles. The summed E-state index contributed by atoms with van der Waals surface area (Å²) in [5, 5.41) is -0.187. The molecule has 0 amide bonds. The Hall–Kier alpha value is -0.300. The van der Waals surface area contributed by atoms with Crippen molar-refractivity contribution in [3.05, 3.63) is 32.4 Å². The number of hydrogen-bond acceptors (Lipinski definition) is 1. The molecule has 1 nitrogen and oxygen atoms in total. The minimum Gasteiger partial charge on any atom is -0.284 e. The van der Waals surface area contributed by atoms with Crippen molar-refractivity contribution < 1.29 is 18.0 Å². The first-order valence-corrected chi connectivity index (χ1v) is 4.84. The molecule has 0 atom stereocenters. The van der Waals surface area contributed by atoms with E-state index in [2.05, 4.69) is 0 Å². The zero-order chi connectivity index (χ0) is 10.9. The van der Waals surface area contributed by atoms with Gasteiger partial charge in [0, 0.05) is 9.13 Å². The maximum Gasteiger partial charge on any atom is 0.454 e. The summed E-state index contributed by atoms with van der Waals surface area (Å²) < 4.78 is 36.6. The number of ketones is 1. The van der Waals surface area contributed by atoms with Gasteiger partial charge in [-0.05, 0) is 40.8 Å². The number of carbonyl (C=O) groups excluding carboxylic acids is 1. The second kappa shape index (κ2) is 4.06. The van der Waals surface area contributed by atoms with Gasteiger partial charge in [0.25, 0.3) is 5.78 Å². The van der Waals surface area contributed by atoms with Crippen LogP contribution in [0.4, 0.5) is 13.2 Å². The summed E-state index contributed by atoms with van der Waals surface area (Å²) in [7, 11) is 0. The highest BCUT2D eigenvalue weighted by Gasteiger charge is 2.40. The van der Waals surface area contributed by atoms with E-state index >= 15 is 0 Å². The maximum absolute atomic E-state index is 12.0. The fourth-order valence-electron chi connectivity index (χ4n) is 0.824. The summed E-state index contributed by atoms with van der Waals surface area (Å²) in [6.45, 7) is 0. The van der Waals surface area contributed by atoms with Gasteiger partial charge in [0.05, 0.1) is 5.02 Å². The van der Waals surface area contributed by atoms with Gasteiger partial charge in [-0.1, -0.05) is 11.6 Å². The molecule has 0 aliphatic heterocycles. The standard InChI is InChI=1S/C8H3ClF3IO/c9-6-2-1-4(13)3-5(6)7(14)8(10,11)12/h1-3H. The highest BCUT2D eigenvalue weighted by Crippen LogP contribution is 2.27. The fraction of sp³-hybridized carbons (Fsp3) is 0.125. The van der Waals surface area contributed by atoms with Crippen molar-refractivity contribution in [1.29, 1.82) is 0 Å². The molecule has 0 saturated carbocycles. The highest BCUT2D eigenvalue weighted by atomic mass is 127. The summed E-state index contributed by atoms with van der Waals surface area (Å²) in [5.41, 5.74) is -0.508. The molecule has 0 fully saturated rings. The van der Waals surface area contributed by atoms with Crippen LogP contribution in [0.3, 0.4) is 0 Å². The van der Waals surface area contributed by atoms with Crippen molar-refractivity contribution in [1.82, 2.24) is 0 Å². The van der Waals surface area contributed by atoms with E-state index in [-0.39, 0.29) is 5.02 Å². The topological polar surface area (TPSA) is 17.1 Å². The highest BCUT2D eigenvalue weighted by molar-refractivity contribution is 14.1. The number of carbonyl (C=O) groups is 1. The Morgan fingerprint density at radius 1 is 1.36 bits per heavy atom. The first-order chi connectivity index (χ1) is 6.32. The molecule has 0 saturated heterocycles. The van der Waals surface area contributed by atoms with E-state index < -0.39 is 17.5 Å². The summed E-state index contributed by atoms with van der Waals surface area (Å²) in [6.07, 6.45) is -4.88. The Bertz CT molecular complexity index is 375. The molecular weight excluding hydrogens is 331 g/mol. The van der Waals surface area contributed by atoms with Crippen LogP contribution in [0.5, 0.6) is 0 Å². The largest absolute Gasteiger partial charge is 0.454 e. The van der Waals surface area contributed by atoms with Gasteiger partial charge in [-0.15, -0.1) is 0 Å². The number of hydrogen-bond donors (Lipinski definition) is 0. The van der Waals surface area contributed by atoms with Gasteiger partial charge in [-0.3, -0.25) is 4.79 Å². The smallest absolute Gasteiger partial charge is 0.284 e. The SMILES string of the molecule is O=C(c1cc(I)ccc1Cl)C(F)(F)F. The number of benzene rings is 1. The third kappa shape index (κ3) is 2.60. The van der Waals surface area contributed by atoms with Crippen LogP contribution < -0.4 is 0 Å². The predicted octanol–water partition coefficient (Wildman–Crippen LogP) is 3.69. The lowest BCUT2D eigenvalue weighted by atomic mass is 10.1. The summed E-state index contributed by atoms with van der Waals surface area (Å²) in [5.74, 6) is -1.92. The van der Waals surface area contributed by atoms with Gasteiger partial charge in [-0.2, -0.15) is 13.2 Å². The number of halogens is 5. The Morgan fingerprint density at radius 2 is 1.93 bits per heavy atom. The fourth-order valence-corrected chi connectivity index (χ4v) is 1.52. The van der Waals surface area contributed by atoms with Crippen LogP contribution in [0.2, 0.25) is 5.02 Å². The van der Waals surface area contributed by atoms with Crippen molar-refractivity contribution in [2.75, 3.05) is 0 Å². The van der Waals surface area contributed by atoms with Crippen LogP contribution in [0.25, 0.3) is 0 Å². The molecule has 6 heteroatoms. The van der Waals surface area contributed by atoms with Crippen LogP contribution in [-0.4, -0.2) is 12.0 Å². The molecule has 0 N–H and O–H groups in total. The molecule has 0 radical (unpaired) electrons. The molecule has 0 aromatic heterocycles. The van der Waals surface area contributed by atoms with Gasteiger partial charge < -0.3 is 0 Å². The molecule has 76 valence electrons. The summed E-state index contributed by atoms with van der Waals surface area (Å²) in [6, 6.07) is 3.90. The van der Waals surface area contributed by atoms with Crippen molar-refractivity contribution in [3.63, 3.8) is 0 Å². The van der Waals surface area contributed by atoms with Crippen LogP contribution >= 0.6 is 34.2 Å². The average molecular weight is 334 g/mol. The summed E-state index contributed by atoms with van der Waals surface area (Å²) in [4.78, 5) is 10.8. The molecule has 0 bridgehead atoms. The van der Waals surface area contributed by atoms with Crippen LogP contribution in [0, 0.1) is 3.57 Å². The van der Waals surface area contributed by atoms with Crippen LogP contribution in [0.1, 0.15) is 10.4 Å². The predicted molar refractivity (Wildman–Crippen MR) is 54.6 cm³/mol. The molecule has 14 heavy (non-hydrogen) atoms. The molecule has 1 aromatic rings. The minimum absolute atomic E-state index is 0.187. The van der Waals surface area contributed by atoms with Crippen molar-refractivity contribution in [3.8, 4) is 0 Å². The molecule has 0 spiro atoms. The molecule has 0 aliphatic carbocycles. The molecule has 1 rings (SSSR count). The Labute approximate surface area is 96.4 Å². The quantitative estimate of drug-likeness (QED) is 0.565. The lowest BCUT2D eigenvalue weighted by Gasteiger charge is -2.06. The average Bonchev–Trinajstić information content (AvgIpc) is 2.06. The van der Waals surface area contributed by atoms with Gasteiger partial charge in [0.2, 0.25) is 0 Å². The zero-order valence-electron chi connectivity index (χ0n) is 6.53. The molecule has 0 unspecified atom stereocenters. The first kappa shape index (κ1) is 11.8. The van der Waals surface area contributed by atoms with Crippen molar-refractivity contribution >= 4 is 40.0 Å². The monoisotopic (exact) mass is 334 g/mol. The lowest BCUT2D eigenvalue weighted by molar-refractivity contribution is -0.0885. The van der Waals surface area contributed by atoms with E-state index in [1.807, 2.05) is 0 Å². The van der Waals surface area contributed by atoms with Gasteiger partial charge in [0.15, 0.2) is 0 Å². The van der Waals surface area contributed by atoms with E-state index in [4.69, 9.17) is 11.6 Å².